The molecule has 0 N–H and O–H groups in total. The van der Waals surface area contributed by atoms with E-state index < -0.39 is 5.41 Å². The predicted octanol–water partition coefficient (Wildman–Crippen LogP) is 17.3. The summed E-state index contributed by atoms with van der Waals surface area (Å²) < 4.78 is 0. The summed E-state index contributed by atoms with van der Waals surface area (Å²) in [5.41, 5.74) is 20.0. The SMILES string of the molecule is c1ccc(-c2ccc(-c3ccc(N(c4ccc(-c5cccc(-c6ccc7ccccc7c6)c5)cc4)c4ccc5c(c4)C(c4ccccc4)(c4ccccc4)c4ccccc4-5)cc3)cc2)cc1. The Labute approximate surface area is 387 Å². The quantitative estimate of drug-likeness (QED) is 0.140. The minimum absolute atomic E-state index is 0.508. The van der Waals surface area contributed by atoms with Gasteiger partial charge in [-0.1, -0.05) is 224 Å². The largest absolute Gasteiger partial charge is 0.310 e. The van der Waals surface area contributed by atoms with Crippen LogP contribution in [0.3, 0.4) is 0 Å². The normalized spacial score (nSPS) is 12.4. The molecule has 0 fully saturated rings. The smallest absolute Gasteiger partial charge is 0.0714 e. The zero-order valence-corrected chi connectivity index (χ0v) is 36.4. The number of rotatable bonds is 9. The van der Waals surface area contributed by atoms with Gasteiger partial charge < -0.3 is 4.90 Å². The van der Waals surface area contributed by atoms with Gasteiger partial charge in [0.05, 0.1) is 5.41 Å². The second-order valence-electron chi connectivity index (χ2n) is 17.3. The molecule has 0 atom stereocenters. The summed E-state index contributed by atoms with van der Waals surface area (Å²) in [7, 11) is 0. The molecule has 0 unspecified atom stereocenters. The molecule has 66 heavy (non-hydrogen) atoms. The summed E-state index contributed by atoms with van der Waals surface area (Å²) in [6.07, 6.45) is 0. The van der Waals surface area contributed by atoms with Gasteiger partial charge in [-0.2, -0.15) is 0 Å². The Morgan fingerprint density at radius 2 is 0.636 bits per heavy atom. The molecule has 0 aliphatic heterocycles. The molecule has 0 bridgehead atoms. The van der Waals surface area contributed by atoms with Gasteiger partial charge >= 0.3 is 0 Å². The minimum Gasteiger partial charge on any atom is -0.310 e. The molecule has 1 aliphatic rings. The number of benzene rings is 11. The lowest BCUT2D eigenvalue weighted by molar-refractivity contribution is 0.768. The summed E-state index contributed by atoms with van der Waals surface area (Å²) >= 11 is 0. The maximum Gasteiger partial charge on any atom is 0.0714 e. The van der Waals surface area contributed by atoms with Gasteiger partial charge in [-0.15, -0.1) is 0 Å². The Morgan fingerprint density at radius 1 is 0.227 bits per heavy atom. The lowest BCUT2D eigenvalue weighted by Gasteiger charge is -2.35. The zero-order valence-electron chi connectivity index (χ0n) is 36.4. The highest BCUT2D eigenvalue weighted by Crippen LogP contribution is 2.57. The lowest BCUT2D eigenvalue weighted by Crippen LogP contribution is -2.28. The standard InChI is InChI=1S/C65H45N/c1-4-15-46(16-5-1)48-27-29-49(30-28-48)50-33-37-58(38-34-50)66(59-39-35-51(36-40-59)53-19-14-20-54(43-53)55-32-31-47-17-10-11-18-52(47)44-55)60-41-42-62-61-25-12-13-26-63(61)65(64(62)45-60,56-21-6-2-7-22-56)57-23-8-3-9-24-57/h1-45H. The van der Waals surface area contributed by atoms with Crippen LogP contribution >= 0.6 is 0 Å². The molecule has 1 nitrogen and oxygen atoms in total. The van der Waals surface area contributed by atoms with E-state index in [-0.39, 0.29) is 0 Å². The van der Waals surface area contributed by atoms with Crippen molar-refractivity contribution in [2.24, 2.45) is 0 Å². The zero-order chi connectivity index (χ0) is 43.9. The van der Waals surface area contributed by atoms with Crippen molar-refractivity contribution in [2.75, 3.05) is 4.90 Å². The van der Waals surface area contributed by atoms with Gasteiger partial charge in [0.15, 0.2) is 0 Å². The summed E-state index contributed by atoms with van der Waals surface area (Å²) in [5, 5.41) is 2.50. The van der Waals surface area contributed by atoms with Gasteiger partial charge in [0.1, 0.15) is 0 Å². The summed E-state index contributed by atoms with van der Waals surface area (Å²) in [6.45, 7) is 0. The van der Waals surface area contributed by atoms with Gasteiger partial charge in [-0.25, -0.2) is 0 Å². The average molecular weight is 840 g/mol. The van der Waals surface area contributed by atoms with Crippen LogP contribution in [-0.4, -0.2) is 0 Å². The third-order valence-electron chi connectivity index (χ3n) is 13.6. The number of hydrogen-bond donors (Lipinski definition) is 0. The monoisotopic (exact) mass is 839 g/mol. The Hall–Kier alpha value is -8.52. The first-order valence-electron chi connectivity index (χ1n) is 22.8. The van der Waals surface area contributed by atoms with Crippen LogP contribution in [0, 0.1) is 0 Å². The fourth-order valence-electron chi connectivity index (χ4n) is 10.4. The van der Waals surface area contributed by atoms with Crippen molar-refractivity contribution in [2.45, 2.75) is 5.41 Å². The van der Waals surface area contributed by atoms with Crippen LogP contribution in [0.15, 0.2) is 273 Å². The Bertz CT molecular complexity index is 3440. The van der Waals surface area contributed by atoms with Gasteiger partial charge in [-0.05, 0) is 137 Å². The Morgan fingerprint density at radius 3 is 1.26 bits per heavy atom. The molecule has 310 valence electrons. The second-order valence-corrected chi connectivity index (χ2v) is 17.3. The molecule has 0 amide bonds. The first kappa shape index (κ1) is 39.1. The summed E-state index contributed by atoms with van der Waals surface area (Å²) in [5.74, 6) is 0. The number of hydrogen-bond acceptors (Lipinski definition) is 1. The van der Waals surface area contributed by atoms with Crippen molar-refractivity contribution < 1.29 is 0 Å². The van der Waals surface area contributed by atoms with Crippen molar-refractivity contribution in [3.8, 4) is 55.6 Å². The van der Waals surface area contributed by atoms with E-state index in [0.29, 0.717) is 0 Å². The Balaban J connectivity index is 0.976. The summed E-state index contributed by atoms with van der Waals surface area (Å²) in [4.78, 5) is 2.42. The van der Waals surface area contributed by atoms with Gasteiger partial charge in [0.25, 0.3) is 0 Å². The number of fused-ring (bicyclic) bond motifs is 4. The van der Waals surface area contributed by atoms with E-state index in [1.54, 1.807) is 0 Å². The van der Waals surface area contributed by atoms with Crippen molar-refractivity contribution in [1.29, 1.82) is 0 Å². The number of anilines is 3. The Kier molecular flexibility index (Phi) is 9.81. The summed E-state index contributed by atoms with van der Waals surface area (Å²) in [6, 6.07) is 100. The number of nitrogens with zero attached hydrogens (tertiary/aromatic N) is 1. The molecular formula is C65H45N. The topological polar surface area (TPSA) is 3.24 Å². The van der Waals surface area contributed by atoms with Gasteiger partial charge in [-0.3, -0.25) is 0 Å². The van der Waals surface area contributed by atoms with Crippen molar-refractivity contribution >= 4 is 27.8 Å². The van der Waals surface area contributed by atoms with E-state index in [9.17, 15) is 0 Å². The minimum atomic E-state index is -0.508. The van der Waals surface area contributed by atoms with E-state index >= 15 is 0 Å². The van der Waals surface area contributed by atoms with E-state index in [0.717, 1.165) is 17.1 Å². The van der Waals surface area contributed by atoms with E-state index in [1.807, 2.05) is 0 Å². The highest BCUT2D eigenvalue weighted by molar-refractivity contribution is 5.91. The van der Waals surface area contributed by atoms with Crippen LogP contribution in [0.25, 0.3) is 66.4 Å². The molecular weight excluding hydrogens is 795 g/mol. The molecule has 12 rings (SSSR count). The maximum absolute atomic E-state index is 2.45. The molecule has 0 aromatic heterocycles. The van der Waals surface area contributed by atoms with E-state index in [4.69, 9.17) is 0 Å². The molecule has 11 aromatic rings. The first-order valence-corrected chi connectivity index (χ1v) is 22.8. The molecule has 11 aromatic carbocycles. The van der Waals surface area contributed by atoms with Gasteiger partial charge in [0, 0.05) is 17.1 Å². The van der Waals surface area contributed by atoms with Crippen LogP contribution < -0.4 is 4.90 Å². The molecule has 0 radical (unpaired) electrons. The fraction of sp³-hybridized carbons (Fsp3) is 0.0154. The highest BCUT2D eigenvalue weighted by Gasteiger charge is 2.46. The molecule has 1 aliphatic carbocycles. The van der Waals surface area contributed by atoms with Crippen molar-refractivity contribution in [1.82, 2.24) is 0 Å². The third kappa shape index (κ3) is 6.81. The fourth-order valence-corrected chi connectivity index (χ4v) is 10.4. The molecule has 0 heterocycles. The van der Waals surface area contributed by atoms with Crippen molar-refractivity contribution in [3.05, 3.63) is 295 Å². The van der Waals surface area contributed by atoms with Crippen LogP contribution in [0.1, 0.15) is 22.3 Å². The first-order chi connectivity index (χ1) is 32.7. The second kappa shape index (κ2) is 16.6. The van der Waals surface area contributed by atoms with E-state index in [1.165, 1.54) is 88.7 Å². The molecule has 0 spiro atoms. The highest BCUT2D eigenvalue weighted by atomic mass is 15.1. The van der Waals surface area contributed by atoms with Crippen LogP contribution in [0.4, 0.5) is 17.1 Å². The molecule has 1 heteroatoms. The molecule has 0 saturated heterocycles. The van der Waals surface area contributed by atoms with E-state index in [2.05, 4.69) is 278 Å². The van der Waals surface area contributed by atoms with Crippen LogP contribution in [0.2, 0.25) is 0 Å². The average Bonchev–Trinajstić information content (AvgIpc) is 3.70. The van der Waals surface area contributed by atoms with Gasteiger partial charge in [0.2, 0.25) is 0 Å². The molecule has 0 saturated carbocycles. The predicted molar refractivity (Wildman–Crippen MR) is 278 cm³/mol. The van der Waals surface area contributed by atoms with Crippen LogP contribution in [0.5, 0.6) is 0 Å². The lowest BCUT2D eigenvalue weighted by atomic mass is 9.67. The maximum atomic E-state index is 2.45. The third-order valence-corrected chi connectivity index (χ3v) is 13.6. The van der Waals surface area contributed by atoms with Crippen LogP contribution in [-0.2, 0) is 5.41 Å². The van der Waals surface area contributed by atoms with Crippen molar-refractivity contribution in [3.63, 3.8) is 0 Å².